The first-order valence-corrected chi connectivity index (χ1v) is 11.6. The summed E-state index contributed by atoms with van der Waals surface area (Å²) in [6, 6.07) is 13.5. The lowest BCUT2D eigenvalue weighted by Gasteiger charge is -2.17. The lowest BCUT2D eigenvalue weighted by molar-refractivity contribution is -0.119. The van der Waals surface area contributed by atoms with Crippen LogP contribution in [-0.4, -0.2) is 31.1 Å². The average Bonchev–Trinajstić information content (AvgIpc) is 2.69. The van der Waals surface area contributed by atoms with Crippen LogP contribution in [-0.2, 0) is 31.0 Å². The van der Waals surface area contributed by atoms with Crippen molar-refractivity contribution in [1.29, 1.82) is 0 Å². The van der Waals surface area contributed by atoms with Crippen LogP contribution in [0, 0.1) is 6.92 Å². The van der Waals surface area contributed by atoms with Crippen molar-refractivity contribution in [2.75, 3.05) is 13.2 Å². The number of primary amides is 1. The van der Waals surface area contributed by atoms with E-state index in [1.807, 2.05) is 31.2 Å². The number of amides is 2. The molecule has 0 saturated carbocycles. The van der Waals surface area contributed by atoms with E-state index in [1.54, 1.807) is 38.1 Å². The largest absolute Gasteiger partial charge is 0.368 e. The molecule has 162 valence electrons. The maximum absolute atomic E-state index is 12.6. The molecule has 0 radical (unpaired) electrons. The summed E-state index contributed by atoms with van der Waals surface area (Å²) in [7, 11) is -3.22. The molecular formula is C22H29N2O5P. The van der Waals surface area contributed by atoms with E-state index in [0.717, 1.165) is 16.7 Å². The average molecular weight is 432 g/mol. The van der Waals surface area contributed by atoms with Crippen LogP contribution in [0.4, 0.5) is 0 Å². The monoisotopic (exact) mass is 432 g/mol. The second kappa shape index (κ2) is 11.1. The number of nitrogens with two attached hydrogens (primary N) is 1. The van der Waals surface area contributed by atoms with E-state index in [2.05, 4.69) is 5.32 Å². The highest BCUT2D eigenvalue weighted by Crippen LogP contribution is 2.51. The van der Waals surface area contributed by atoms with Crippen molar-refractivity contribution in [3.63, 3.8) is 0 Å². The van der Waals surface area contributed by atoms with Gasteiger partial charge >= 0.3 is 7.60 Å². The summed E-state index contributed by atoms with van der Waals surface area (Å²) in [6.45, 7) is 6.05. The van der Waals surface area contributed by atoms with Gasteiger partial charge in [-0.1, -0.05) is 42.0 Å². The van der Waals surface area contributed by atoms with Crippen molar-refractivity contribution in [3.05, 3.63) is 70.8 Å². The number of rotatable bonds is 11. The quantitative estimate of drug-likeness (QED) is 0.528. The molecule has 30 heavy (non-hydrogen) atoms. The highest BCUT2D eigenvalue weighted by Gasteiger charge is 2.24. The third-order valence-corrected chi connectivity index (χ3v) is 6.51. The summed E-state index contributed by atoms with van der Waals surface area (Å²) >= 11 is 0. The van der Waals surface area contributed by atoms with Crippen LogP contribution in [0.2, 0.25) is 0 Å². The second-order valence-corrected chi connectivity index (χ2v) is 8.97. The van der Waals surface area contributed by atoms with E-state index >= 15 is 0 Å². The Bertz CT molecular complexity index is 887. The van der Waals surface area contributed by atoms with Gasteiger partial charge in [-0.2, -0.15) is 0 Å². The normalized spacial score (nSPS) is 12.4. The molecule has 0 bridgehead atoms. The van der Waals surface area contributed by atoms with E-state index in [1.165, 1.54) is 0 Å². The van der Waals surface area contributed by atoms with Gasteiger partial charge in [0.2, 0.25) is 5.91 Å². The number of benzene rings is 2. The number of hydrogen-bond acceptors (Lipinski definition) is 5. The summed E-state index contributed by atoms with van der Waals surface area (Å²) in [4.78, 5) is 24.4. The van der Waals surface area contributed by atoms with Crippen LogP contribution in [0.1, 0.15) is 40.9 Å². The van der Waals surface area contributed by atoms with Crippen LogP contribution < -0.4 is 11.1 Å². The molecule has 0 aliphatic carbocycles. The lowest BCUT2D eigenvalue weighted by atomic mass is 10.0. The molecule has 0 spiro atoms. The zero-order valence-corrected chi connectivity index (χ0v) is 18.5. The Kier molecular flexibility index (Phi) is 8.78. The summed E-state index contributed by atoms with van der Waals surface area (Å²) in [5, 5.41) is 2.69. The van der Waals surface area contributed by atoms with Gasteiger partial charge in [0.25, 0.3) is 5.91 Å². The number of nitrogens with one attached hydrogen (secondary N) is 1. The van der Waals surface area contributed by atoms with E-state index < -0.39 is 25.5 Å². The molecule has 0 aliphatic heterocycles. The fourth-order valence-electron chi connectivity index (χ4n) is 2.93. The van der Waals surface area contributed by atoms with Gasteiger partial charge < -0.3 is 20.1 Å². The fourth-order valence-corrected chi connectivity index (χ4v) is 4.63. The van der Waals surface area contributed by atoms with Crippen LogP contribution in [0.3, 0.4) is 0 Å². The molecule has 2 rings (SSSR count). The number of hydrogen-bond donors (Lipinski definition) is 2. The summed E-state index contributed by atoms with van der Waals surface area (Å²) < 4.78 is 23.2. The van der Waals surface area contributed by atoms with Gasteiger partial charge in [-0.15, -0.1) is 0 Å². The Morgan fingerprint density at radius 3 is 2.00 bits per heavy atom. The van der Waals surface area contributed by atoms with Crippen molar-refractivity contribution in [1.82, 2.24) is 5.32 Å². The third-order valence-electron chi connectivity index (χ3n) is 4.45. The molecule has 0 unspecified atom stereocenters. The third kappa shape index (κ3) is 7.10. The fraction of sp³-hybridized carbons (Fsp3) is 0.364. The molecule has 0 aromatic heterocycles. The van der Waals surface area contributed by atoms with E-state index in [4.69, 9.17) is 14.8 Å². The van der Waals surface area contributed by atoms with Crippen LogP contribution >= 0.6 is 7.60 Å². The Morgan fingerprint density at radius 2 is 1.50 bits per heavy atom. The van der Waals surface area contributed by atoms with Crippen molar-refractivity contribution >= 4 is 19.4 Å². The Hall–Kier alpha value is -2.47. The SMILES string of the molecule is CCOP(=O)(Cc1ccc(C(=O)N[C@@H](Cc2ccc(C)cc2)C(N)=O)cc1)OCC. The van der Waals surface area contributed by atoms with Crippen LogP contribution in [0.15, 0.2) is 48.5 Å². The summed E-state index contributed by atoms with van der Waals surface area (Å²) in [6.07, 6.45) is 0.430. The molecule has 0 aliphatic rings. The van der Waals surface area contributed by atoms with Crippen LogP contribution in [0.25, 0.3) is 0 Å². The minimum atomic E-state index is -3.22. The number of aryl methyl sites for hydroxylation is 1. The van der Waals surface area contributed by atoms with Gasteiger partial charge in [0.05, 0.1) is 19.4 Å². The molecule has 0 saturated heterocycles. The Balaban J connectivity index is 2.05. The zero-order chi connectivity index (χ0) is 22.1. The predicted octanol–water partition coefficient (Wildman–Crippen LogP) is 3.59. The minimum Gasteiger partial charge on any atom is -0.368 e. The van der Waals surface area contributed by atoms with Crippen LogP contribution in [0.5, 0.6) is 0 Å². The Morgan fingerprint density at radius 1 is 0.967 bits per heavy atom. The van der Waals surface area contributed by atoms with E-state index in [9.17, 15) is 14.2 Å². The zero-order valence-electron chi connectivity index (χ0n) is 17.6. The first-order chi connectivity index (χ1) is 14.3. The highest BCUT2D eigenvalue weighted by molar-refractivity contribution is 7.53. The van der Waals surface area contributed by atoms with Gasteiger partial charge in [-0.05, 0) is 44.0 Å². The molecule has 0 fully saturated rings. The molecule has 2 aromatic carbocycles. The molecular weight excluding hydrogens is 403 g/mol. The number of carbonyl (C=O) groups is 2. The molecule has 3 N–H and O–H groups in total. The summed E-state index contributed by atoms with van der Waals surface area (Å²) in [5.41, 5.74) is 8.59. The standard InChI is InChI=1S/C22H29N2O5P/c1-4-28-30(27,29-5-2)15-18-10-12-19(13-11-18)22(26)24-20(21(23)25)14-17-8-6-16(3)7-9-17/h6-13,20H,4-5,14-15H2,1-3H3,(H2,23,25)(H,24,26)/t20-/m0/s1. The van der Waals surface area contributed by atoms with Crippen molar-refractivity contribution in [3.8, 4) is 0 Å². The molecule has 7 nitrogen and oxygen atoms in total. The first-order valence-electron chi connectivity index (χ1n) is 9.89. The highest BCUT2D eigenvalue weighted by atomic mass is 31.2. The van der Waals surface area contributed by atoms with Gasteiger partial charge in [-0.25, -0.2) is 0 Å². The van der Waals surface area contributed by atoms with E-state index in [-0.39, 0.29) is 19.4 Å². The first kappa shape index (κ1) is 23.8. The predicted molar refractivity (Wildman–Crippen MR) is 116 cm³/mol. The van der Waals surface area contributed by atoms with Gasteiger partial charge in [0.15, 0.2) is 0 Å². The van der Waals surface area contributed by atoms with Crippen molar-refractivity contribution in [2.45, 2.75) is 39.4 Å². The smallest absolute Gasteiger partial charge is 0.335 e. The van der Waals surface area contributed by atoms with Crippen molar-refractivity contribution in [2.24, 2.45) is 5.73 Å². The van der Waals surface area contributed by atoms with Gasteiger partial charge in [0, 0.05) is 12.0 Å². The molecule has 1 atom stereocenters. The summed E-state index contributed by atoms with van der Waals surface area (Å²) in [5.74, 6) is -1.01. The van der Waals surface area contributed by atoms with Gasteiger partial charge in [0.1, 0.15) is 6.04 Å². The topological polar surface area (TPSA) is 108 Å². The molecule has 2 aromatic rings. The minimum absolute atomic E-state index is 0.119. The van der Waals surface area contributed by atoms with Gasteiger partial charge in [-0.3, -0.25) is 14.2 Å². The van der Waals surface area contributed by atoms with E-state index in [0.29, 0.717) is 12.0 Å². The Labute approximate surface area is 177 Å². The number of carbonyl (C=O) groups excluding carboxylic acids is 2. The molecule has 2 amide bonds. The maximum atomic E-state index is 12.6. The second-order valence-electron chi connectivity index (χ2n) is 6.92. The molecule has 0 heterocycles. The molecule has 8 heteroatoms. The van der Waals surface area contributed by atoms with Crippen molar-refractivity contribution < 1.29 is 23.2 Å². The lowest BCUT2D eigenvalue weighted by Crippen LogP contribution is -2.45. The maximum Gasteiger partial charge on any atom is 0.335 e.